The van der Waals surface area contributed by atoms with Crippen molar-refractivity contribution in [3.05, 3.63) is 40.9 Å². The van der Waals surface area contributed by atoms with Gasteiger partial charge in [0.05, 0.1) is 28.8 Å². The Balaban J connectivity index is 1.94. The quantitative estimate of drug-likeness (QED) is 0.689. The molecule has 18 heavy (non-hydrogen) atoms. The number of pyridine rings is 1. The highest BCUT2D eigenvalue weighted by Gasteiger charge is 2.09. The van der Waals surface area contributed by atoms with Crippen LogP contribution in [0.4, 0.5) is 0 Å². The van der Waals surface area contributed by atoms with Crippen LogP contribution in [0.1, 0.15) is 11.5 Å². The normalized spacial score (nSPS) is 11.2. The van der Waals surface area contributed by atoms with Crippen molar-refractivity contribution < 1.29 is 0 Å². The van der Waals surface area contributed by atoms with Crippen molar-refractivity contribution in [3.63, 3.8) is 0 Å². The van der Waals surface area contributed by atoms with Crippen molar-refractivity contribution in [2.75, 3.05) is 0 Å². The number of thiazole rings is 1. The molecule has 0 bridgehead atoms. The Hall–Kier alpha value is -1.46. The molecule has 4 nitrogen and oxygen atoms in total. The van der Waals surface area contributed by atoms with Gasteiger partial charge in [0.15, 0.2) is 0 Å². The number of halogens is 1. The molecule has 3 aromatic rings. The van der Waals surface area contributed by atoms with Gasteiger partial charge in [-0.3, -0.25) is 4.98 Å². The maximum atomic E-state index is 5.95. The van der Waals surface area contributed by atoms with Crippen LogP contribution in [0.3, 0.4) is 0 Å². The van der Waals surface area contributed by atoms with Crippen molar-refractivity contribution in [1.29, 1.82) is 0 Å². The maximum absolute atomic E-state index is 5.95. The third-order valence-electron chi connectivity index (χ3n) is 2.82. The van der Waals surface area contributed by atoms with Crippen molar-refractivity contribution in [3.8, 4) is 0 Å². The molecule has 92 valence electrons. The van der Waals surface area contributed by atoms with Gasteiger partial charge >= 0.3 is 0 Å². The Morgan fingerprint density at radius 1 is 1.39 bits per heavy atom. The molecule has 3 rings (SSSR count). The molecule has 0 aromatic carbocycles. The van der Waals surface area contributed by atoms with Gasteiger partial charge in [-0.25, -0.2) is 9.97 Å². The van der Waals surface area contributed by atoms with Crippen molar-refractivity contribution >= 4 is 34.0 Å². The maximum Gasteiger partial charge on any atom is 0.124 e. The molecule has 0 amide bonds. The van der Waals surface area contributed by atoms with E-state index in [2.05, 4.69) is 24.9 Å². The number of aryl methyl sites for hydroxylation is 2. The molecule has 0 unspecified atom stereocenters. The zero-order valence-electron chi connectivity index (χ0n) is 9.58. The lowest BCUT2D eigenvalue weighted by atomic mass is 10.3. The number of rotatable bonds is 4. The SMILES string of the molecule is ClCc1nc2cnccc2n1CCc1cscn1. The Bertz CT molecular complexity index is 647. The summed E-state index contributed by atoms with van der Waals surface area (Å²) in [6, 6.07) is 1.97. The van der Waals surface area contributed by atoms with Crippen LogP contribution in [0.25, 0.3) is 11.0 Å². The van der Waals surface area contributed by atoms with E-state index in [1.807, 2.05) is 11.6 Å². The van der Waals surface area contributed by atoms with Crippen LogP contribution < -0.4 is 0 Å². The molecule has 0 fully saturated rings. The summed E-state index contributed by atoms with van der Waals surface area (Å²) in [6.45, 7) is 0.840. The molecule has 0 radical (unpaired) electrons. The molecule has 3 heterocycles. The summed E-state index contributed by atoms with van der Waals surface area (Å²) < 4.78 is 2.14. The minimum absolute atomic E-state index is 0.408. The largest absolute Gasteiger partial charge is 0.326 e. The van der Waals surface area contributed by atoms with Crippen molar-refractivity contribution in [2.24, 2.45) is 0 Å². The van der Waals surface area contributed by atoms with Crippen molar-refractivity contribution in [2.45, 2.75) is 18.8 Å². The highest BCUT2D eigenvalue weighted by molar-refractivity contribution is 7.07. The van der Waals surface area contributed by atoms with E-state index in [-0.39, 0.29) is 0 Å². The van der Waals surface area contributed by atoms with E-state index >= 15 is 0 Å². The fraction of sp³-hybridized carbons (Fsp3) is 0.250. The van der Waals surface area contributed by atoms with Crippen molar-refractivity contribution in [1.82, 2.24) is 19.5 Å². The second-order valence-corrected chi connectivity index (χ2v) is 4.89. The first-order chi connectivity index (χ1) is 8.88. The van der Waals surface area contributed by atoms with E-state index in [1.54, 1.807) is 23.7 Å². The van der Waals surface area contributed by atoms with E-state index in [0.717, 1.165) is 35.5 Å². The molecule has 0 aliphatic carbocycles. The Labute approximate surface area is 113 Å². The predicted octanol–water partition coefficient (Wildman–Crippen LogP) is 2.87. The first-order valence-corrected chi connectivity index (χ1v) is 7.08. The lowest BCUT2D eigenvalue weighted by Crippen LogP contribution is -2.05. The number of hydrogen-bond donors (Lipinski definition) is 0. The summed E-state index contributed by atoms with van der Waals surface area (Å²) in [5, 5.41) is 2.07. The first-order valence-electron chi connectivity index (χ1n) is 5.60. The molecule has 3 aromatic heterocycles. The standard InChI is InChI=1S/C12H11ClN4S/c13-5-12-16-10-6-14-3-1-11(10)17(12)4-2-9-7-18-8-15-9/h1,3,6-8H,2,4-5H2. The van der Waals surface area contributed by atoms with Gasteiger partial charge in [0.25, 0.3) is 0 Å². The van der Waals surface area contributed by atoms with Gasteiger partial charge < -0.3 is 4.57 Å². The average molecular weight is 279 g/mol. The van der Waals surface area contributed by atoms with Crippen LogP contribution in [-0.2, 0) is 18.8 Å². The Morgan fingerprint density at radius 3 is 3.11 bits per heavy atom. The fourth-order valence-corrected chi connectivity index (χ4v) is 2.77. The molecule has 0 N–H and O–H groups in total. The van der Waals surface area contributed by atoms with Gasteiger partial charge in [0.1, 0.15) is 11.3 Å². The molecule has 0 aliphatic heterocycles. The zero-order valence-corrected chi connectivity index (χ0v) is 11.2. The van der Waals surface area contributed by atoms with E-state index in [0.29, 0.717) is 5.88 Å². The highest BCUT2D eigenvalue weighted by Crippen LogP contribution is 2.17. The Morgan fingerprint density at radius 2 is 2.33 bits per heavy atom. The molecule has 0 aliphatic rings. The van der Waals surface area contributed by atoms with Crippen LogP contribution in [0.2, 0.25) is 0 Å². The smallest absolute Gasteiger partial charge is 0.124 e. The minimum atomic E-state index is 0.408. The summed E-state index contributed by atoms with van der Waals surface area (Å²) in [6.07, 6.45) is 4.44. The topological polar surface area (TPSA) is 43.6 Å². The van der Waals surface area contributed by atoms with Crippen LogP contribution >= 0.6 is 22.9 Å². The van der Waals surface area contributed by atoms with Crippen LogP contribution in [-0.4, -0.2) is 19.5 Å². The van der Waals surface area contributed by atoms with Crippen LogP contribution in [0.15, 0.2) is 29.4 Å². The minimum Gasteiger partial charge on any atom is -0.326 e. The van der Waals surface area contributed by atoms with Crippen LogP contribution in [0.5, 0.6) is 0 Å². The fourth-order valence-electron chi connectivity index (χ4n) is 1.97. The number of hydrogen-bond acceptors (Lipinski definition) is 4. The average Bonchev–Trinajstić information content (AvgIpc) is 3.03. The van der Waals surface area contributed by atoms with E-state index in [4.69, 9.17) is 11.6 Å². The van der Waals surface area contributed by atoms with Gasteiger partial charge in [-0.05, 0) is 6.07 Å². The Kier molecular flexibility index (Phi) is 3.25. The van der Waals surface area contributed by atoms with Gasteiger partial charge in [-0.1, -0.05) is 0 Å². The summed E-state index contributed by atoms with van der Waals surface area (Å²) in [5.74, 6) is 1.29. The molecule has 6 heteroatoms. The summed E-state index contributed by atoms with van der Waals surface area (Å²) in [7, 11) is 0. The highest BCUT2D eigenvalue weighted by atomic mass is 35.5. The molecule has 0 saturated carbocycles. The molecular formula is C12H11ClN4S. The van der Waals surface area contributed by atoms with Crippen LogP contribution in [0, 0.1) is 0 Å². The number of nitrogens with zero attached hydrogens (tertiary/aromatic N) is 4. The lowest BCUT2D eigenvalue weighted by molar-refractivity contribution is 0.680. The first kappa shape index (κ1) is 11.6. The number of fused-ring (bicyclic) bond motifs is 1. The summed E-state index contributed by atoms with van der Waals surface area (Å²) >= 11 is 7.57. The third kappa shape index (κ3) is 2.11. The van der Waals surface area contributed by atoms with Gasteiger partial charge in [0.2, 0.25) is 0 Å². The molecule has 0 spiro atoms. The van der Waals surface area contributed by atoms with E-state index in [1.165, 1.54) is 0 Å². The number of aromatic nitrogens is 4. The summed E-state index contributed by atoms with van der Waals surface area (Å²) in [5.41, 5.74) is 4.94. The third-order valence-corrected chi connectivity index (χ3v) is 3.70. The monoisotopic (exact) mass is 278 g/mol. The van der Waals surface area contributed by atoms with E-state index < -0.39 is 0 Å². The van der Waals surface area contributed by atoms with E-state index in [9.17, 15) is 0 Å². The molecular weight excluding hydrogens is 268 g/mol. The second-order valence-electron chi connectivity index (χ2n) is 3.91. The zero-order chi connectivity index (χ0) is 12.4. The number of alkyl halides is 1. The summed E-state index contributed by atoms with van der Waals surface area (Å²) in [4.78, 5) is 12.9. The predicted molar refractivity (Wildman–Crippen MR) is 72.9 cm³/mol. The van der Waals surface area contributed by atoms with Gasteiger partial charge in [-0.2, -0.15) is 0 Å². The second kappa shape index (κ2) is 5.04. The number of imidazole rings is 1. The van der Waals surface area contributed by atoms with Gasteiger partial charge in [0, 0.05) is 24.5 Å². The molecule has 0 saturated heterocycles. The molecule has 0 atom stereocenters. The lowest BCUT2D eigenvalue weighted by Gasteiger charge is -2.06. The van der Waals surface area contributed by atoms with Gasteiger partial charge in [-0.15, -0.1) is 22.9 Å².